The number of nitrogens with one attached hydrogen (secondary N) is 2. The fourth-order valence-corrected chi connectivity index (χ4v) is 3.37. The number of amides is 3. The van der Waals surface area contributed by atoms with Gasteiger partial charge < -0.3 is 10.6 Å². The first-order valence-corrected chi connectivity index (χ1v) is 10.8. The third kappa shape index (κ3) is 7.31. The Morgan fingerprint density at radius 2 is 1.64 bits per heavy atom. The van der Waals surface area contributed by atoms with Gasteiger partial charge in [-0.2, -0.15) is 0 Å². The van der Waals surface area contributed by atoms with Gasteiger partial charge in [0.15, 0.2) is 0 Å². The van der Waals surface area contributed by atoms with E-state index >= 15 is 0 Å². The molecule has 0 unspecified atom stereocenters. The minimum absolute atomic E-state index is 0.132. The molecular weight excluding hydrogens is 417 g/mol. The largest absolute Gasteiger partial charge is 0.352 e. The van der Waals surface area contributed by atoms with E-state index in [1.807, 2.05) is 55.5 Å². The van der Waals surface area contributed by atoms with Crippen molar-refractivity contribution < 1.29 is 14.0 Å². The fraction of sp³-hybridized carbons (Fsp3) is 0.185. The Hall–Kier alpha value is -3.93. The Morgan fingerprint density at radius 3 is 2.30 bits per heavy atom. The Kier molecular flexibility index (Phi) is 8.36. The Balaban J connectivity index is 1.65. The molecular formula is C27H28FN3O2. The number of urea groups is 1. The molecule has 3 rings (SSSR count). The van der Waals surface area contributed by atoms with E-state index < -0.39 is 0 Å². The molecule has 5 nitrogen and oxygen atoms in total. The zero-order valence-corrected chi connectivity index (χ0v) is 18.7. The van der Waals surface area contributed by atoms with Crippen molar-refractivity contribution in [2.24, 2.45) is 0 Å². The second kappa shape index (κ2) is 11.6. The number of halogens is 1. The molecule has 33 heavy (non-hydrogen) atoms. The van der Waals surface area contributed by atoms with E-state index in [9.17, 15) is 14.0 Å². The summed E-state index contributed by atoms with van der Waals surface area (Å²) in [6.07, 6.45) is 1.85. The Bertz CT molecular complexity index is 1100. The van der Waals surface area contributed by atoms with E-state index in [-0.39, 0.29) is 24.2 Å². The molecule has 0 atom stereocenters. The zero-order valence-electron chi connectivity index (χ0n) is 18.7. The van der Waals surface area contributed by atoms with Gasteiger partial charge in [0.1, 0.15) is 5.82 Å². The monoisotopic (exact) mass is 445 g/mol. The average Bonchev–Trinajstić information content (AvgIpc) is 2.81. The number of nitrogens with zero attached hydrogens (tertiary/aromatic N) is 1. The zero-order chi connectivity index (χ0) is 23.6. The van der Waals surface area contributed by atoms with Crippen LogP contribution >= 0.6 is 0 Å². The van der Waals surface area contributed by atoms with Crippen LogP contribution in [0.3, 0.4) is 0 Å². The summed E-state index contributed by atoms with van der Waals surface area (Å²) in [5.41, 5.74) is 4.54. The highest BCUT2D eigenvalue weighted by Crippen LogP contribution is 2.19. The van der Waals surface area contributed by atoms with E-state index in [1.165, 1.54) is 12.1 Å². The lowest BCUT2D eigenvalue weighted by molar-refractivity contribution is -0.120. The Morgan fingerprint density at radius 1 is 0.939 bits per heavy atom. The van der Waals surface area contributed by atoms with Crippen LogP contribution in [0.15, 0.2) is 85.5 Å². The molecule has 2 N–H and O–H groups in total. The molecule has 0 radical (unpaired) electrons. The summed E-state index contributed by atoms with van der Waals surface area (Å²) in [6.45, 7) is 6.79. The van der Waals surface area contributed by atoms with Gasteiger partial charge in [-0.3, -0.25) is 9.69 Å². The lowest BCUT2D eigenvalue weighted by Crippen LogP contribution is -2.39. The van der Waals surface area contributed by atoms with E-state index in [0.29, 0.717) is 19.6 Å². The molecule has 0 aliphatic carbocycles. The van der Waals surface area contributed by atoms with Crippen molar-refractivity contribution in [3.63, 3.8) is 0 Å². The molecule has 6 heteroatoms. The molecule has 0 fully saturated rings. The van der Waals surface area contributed by atoms with E-state index in [1.54, 1.807) is 23.1 Å². The second-order valence-electron chi connectivity index (χ2n) is 7.80. The molecule has 0 heterocycles. The average molecular weight is 446 g/mol. The number of carbonyl (C=O) groups excluding carboxylic acids is 2. The highest BCUT2D eigenvalue weighted by atomic mass is 19.1. The molecule has 0 aliphatic rings. The topological polar surface area (TPSA) is 61.4 Å². The standard InChI is InChI=1S/C27H28FN3O2/c1-3-15-29-27(33)31(19-23-6-4-5-20(2)16-23)25-13-9-21(10-14-25)17-26(32)30-18-22-7-11-24(28)12-8-22/h3-14,16H,1,15,17-19H2,2H3,(H,29,33)(H,30,32). The van der Waals surface area contributed by atoms with Gasteiger partial charge in [0.05, 0.1) is 13.0 Å². The molecule has 3 amide bonds. The van der Waals surface area contributed by atoms with Gasteiger partial charge >= 0.3 is 6.03 Å². The number of carbonyl (C=O) groups is 2. The van der Waals surface area contributed by atoms with Crippen LogP contribution in [-0.2, 0) is 24.3 Å². The van der Waals surface area contributed by atoms with E-state index in [4.69, 9.17) is 0 Å². The number of benzene rings is 3. The van der Waals surface area contributed by atoms with Crippen molar-refractivity contribution in [2.75, 3.05) is 11.4 Å². The quantitative estimate of drug-likeness (QED) is 0.461. The van der Waals surface area contributed by atoms with Crippen LogP contribution in [0.5, 0.6) is 0 Å². The molecule has 170 valence electrons. The van der Waals surface area contributed by atoms with Crippen molar-refractivity contribution in [1.82, 2.24) is 10.6 Å². The lowest BCUT2D eigenvalue weighted by Gasteiger charge is -2.23. The minimum atomic E-state index is -0.306. The molecule has 0 saturated heterocycles. The minimum Gasteiger partial charge on any atom is -0.352 e. The number of rotatable bonds is 9. The number of anilines is 1. The van der Waals surface area contributed by atoms with Crippen molar-refractivity contribution in [3.05, 3.63) is 114 Å². The fourth-order valence-electron chi connectivity index (χ4n) is 3.37. The second-order valence-corrected chi connectivity index (χ2v) is 7.80. The SMILES string of the molecule is C=CCNC(=O)N(Cc1cccc(C)c1)c1ccc(CC(=O)NCc2ccc(F)cc2)cc1. The number of aryl methyl sites for hydroxylation is 1. The van der Waals surface area contributed by atoms with Crippen LogP contribution in [0.25, 0.3) is 0 Å². The van der Waals surface area contributed by atoms with Crippen molar-refractivity contribution in [1.29, 1.82) is 0 Å². The normalized spacial score (nSPS) is 10.4. The van der Waals surface area contributed by atoms with Gasteiger partial charge in [-0.1, -0.05) is 60.2 Å². The predicted octanol–water partition coefficient (Wildman–Crippen LogP) is 4.90. The number of hydrogen-bond acceptors (Lipinski definition) is 2. The summed E-state index contributed by atoms with van der Waals surface area (Å²) in [5, 5.41) is 5.67. The van der Waals surface area contributed by atoms with Gasteiger partial charge in [0.2, 0.25) is 5.91 Å². The highest BCUT2D eigenvalue weighted by Gasteiger charge is 2.16. The third-order valence-electron chi connectivity index (χ3n) is 5.08. The summed E-state index contributed by atoms with van der Waals surface area (Å²) in [5.74, 6) is -0.438. The maximum Gasteiger partial charge on any atom is 0.322 e. The van der Waals surface area contributed by atoms with Crippen molar-refractivity contribution >= 4 is 17.6 Å². The summed E-state index contributed by atoms with van der Waals surface area (Å²) in [4.78, 5) is 26.7. The van der Waals surface area contributed by atoms with Crippen LogP contribution in [0.1, 0.15) is 22.3 Å². The van der Waals surface area contributed by atoms with Gasteiger partial charge in [0.25, 0.3) is 0 Å². The van der Waals surface area contributed by atoms with E-state index in [0.717, 1.165) is 27.9 Å². The molecule has 0 aliphatic heterocycles. The van der Waals surface area contributed by atoms with Gasteiger partial charge in [-0.15, -0.1) is 6.58 Å². The Labute approximate surface area is 193 Å². The van der Waals surface area contributed by atoms with Crippen LogP contribution in [0.4, 0.5) is 14.9 Å². The van der Waals surface area contributed by atoms with Crippen LogP contribution < -0.4 is 15.5 Å². The number of hydrogen-bond donors (Lipinski definition) is 2. The molecule has 0 spiro atoms. The third-order valence-corrected chi connectivity index (χ3v) is 5.08. The van der Waals surface area contributed by atoms with Gasteiger partial charge in [-0.05, 0) is 47.9 Å². The molecule has 0 aromatic heterocycles. The maximum absolute atomic E-state index is 13.0. The summed E-state index contributed by atoms with van der Waals surface area (Å²) in [7, 11) is 0. The summed E-state index contributed by atoms with van der Waals surface area (Å²) in [6, 6.07) is 21.2. The molecule has 3 aromatic carbocycles. The molecule has 0 bridgehead atoms. The van der Waals surface area contributed by atoms with Crippen LogP contribution in [0, 0.1) is 12.7 Å². The molecule has 0 saturated carbocycles. The highest BCUT2D eigenvalue weighted by molar-refractivity contribution is 5.92. The smallest absolute Gasteiger partial charge is 0.322 e. The van der Waals surface area contributed by atoms with Gasteiger partial charge in [-0.25, -0.2) is 9.18 Å². The van der Waals surface area contributed by atoms with Gasteiger partial charge in [0, 0.05) is 18.8 Å². The van der Waals surface area contributed by atoms with Crippen LogP contribution in [0.2, 0.25) is 0 Å². The predicted molar refractivity (Wildman–Crippen MR) is 129 cm³/mol. The molecule has 3 aromatic rings. The lowest BCUT2D eigenvalue weighted by atomic mass is 10.1. The summed E-state index contributed by atoms with van der Waals surface area (Å²) < 4.78 is 13.0. The first kappa shape index (κ1) is 23.7. The first-order chi connectivity index (χ1) is 15.9. The van der Waals surface area contributed by atoms with E-state index in [2.05, 4.69) is 17.2 Å². The first-order valence-electron chi connectivity index (χ1n) is 10.8. The van der Waals surface area contributed by atoms with Crippen LogP contribution in [-0.4, -0.2) is 18.5 Å². The maximum atomic E-state index is 13.0. The van der Waals surface area contributed by atoms with Crippen molar-refractivity contribution in [3.8, 4) is 0 Å². The summed E-state index contributed by atoms with van der Waals surface area (Å²) >= 11 is 0. The van der Waals surface area contributed by atoms with Crippen molar-refractivity contribution in [2.45, 2.75) is 26.4 Å².